The Labute approximate surface area is 116 Å². The van der Waals surface area contributed by atoms with Crippen LogP contribution in [-0.2, 0) is 6.54 Å². The summed E-state index contributed by atoms with van der Waals surface area (Å²) in [6.45, 7) is 10.7. The van der Waals surface area contributed by atoms with Crippen LogP contribution in [0.5, 0.6) is 5.75 Å². The Hall–Kier alpha value is -1.13. The van der Waals surface area contributed by atoms with Gasteiger partial charge in [-0.1, -0.05) is 6.92 Å². The Balaban J connectivity index is 2.17. The molecule has 1 saturated heterocycles. The second kappa shape index (κ2) is 5.88. The maximum atomic E-state index is 5.33. The van der Waals surface area contributed by atoms with Crippen LogP contribution in [0.1, 0.15) is 31.7 Å². The average Bonchev–Trinajstić information content (AvgIpc) is 2.41. The summed E-state index contributed by atoms with van der Waals surface area (Å²) >= 11 is 0. The predicted molar refractivity (Wildman–Crippen MR) is 77.5 cm³/mol. The zero-order valence-corrected chi connectivity index (χ0v) is 12.5. The fourth-order valence-electron chi connectivity index (χ4n) is 2.67. The highest BCUT2D eigenvalue weighted by Gasteiger charge is 2.32. The lowest BCUT2D eigenvalue weighted by Crippen LogP contribution is -2.58. The van der Waals surface area contributed by atoms with Crippen LogP contribution in [0.3, 0.4) is 0 Å². The lowest BCUT2D eigenvalue weighted by Gasteiger charge is -2.44. The minimum atomic E-state index is 0.219. The molecule has 4 nitrogen and oxygen atoms in total. The van der Waals surface area contributed by atoms with Crippen molar-refractivity contribution >= 4 is 0 Å². The molecule has 1 aromatic heterocycles. The molecule has 1 N–H and O–H groups in total. The molecule has 2 heterocycles. The lowest BCUT2D eigenvalue weighted by atomic mass is 9.94. The molecule has 19 heavy (non-hydrogen) atoms. The topological polar surface area (TPSA) is 37.4 Å². The molecule has 0 spiro atoms. The van der Waals surface area contributed by atoms with Gasteiger partial charge in [-0.2, -0.15) is 0 Å². The first-order valence-electron chi connectivity index (χ1n) is 7.05. The Morgan fingerprint density at radius 3 is 2.95 bits per heavy atom. The van der Waals surface area contributed by atoms with Crippen LogP contribution in [0.25, 0.3) is 0 Å². The Morgan fingerprint density at radius 1 is 1.47 bits per heavy atom. The largest absolute Gasteiger partial charge is 0.497 e. The molecule has 4 heteroatoms. The third-order valence-corrected chi connectivity index (χ3v) is 4.16. The van der Waals surface area contributed by atoms with Gasteiger partial charge in [0.15, 0.2) is 0 Å². The summed E-state index contributed by atoms with van der Waals surface area (Å²) in [5.41, 5.74) is 2.33. The van der Waals surface area contributed by atoms with E-state index in [9.17, 15) is 0 Å². The minimum Gasteiger partial charge on any atom is -0.497 e. The molecule has 1 unspecified atom stereocenters. The van der Waals surface area contributed by atoms with Crippen LogP contribution in [0.2, 0.25) is 0 Å². The number of aryl methyl sites for hydroxylation is 1. The second-order valence-electron chi connectivity index (χ2n) is 5.59. The Bertz CT molecular complexity index is 435. The first-order chi connectivity index (χ1) is 9.07. The quantitative estimate of drug-likeness (QED) is 0.901. The van der Waals surface area contributed by atoms with Crippen molar-refractivity contribution in [1.82, 2.24) is 15.2 Å². The van der Waals surface area contributed by atoms with Gasteiger partial charge < -0.3 is 10.1 Å². The van der Waals surface area contributed by atoms with E-state index in [0.29, 0.717) is 0 Å². The first kappa shape index (κ1) is 14.3. The number of methoxy groups -OCH3 is 1. The number of nitrogens with zero attached hydrogens (tertiary/aromatic N) is 2. The minimum absolute atomic E-state index is 0.219. The zero-order chi connectivity index (χ0) is 13.9. The van der Waals surface area contributed by atoms with Gasteiger partial charge in [0, 0.05) is 49.5 Å². The van der Waals surface area contributed by atoms with Crippen molar-refractivity contribution in [3.05, 3.63) is 23.5 Å². The van der Waals surface area contributed by atoms with Gasteiger partial charge in [0.1, 0.15) is 5.75 Å². The molecule has 1 fully saturated rings. The summed E-state index contributed by atoms with van der Waals surface area (Å²) < 4.78 is 5.33. The van der Waals surface area contributed by atoms with Gasteiger partial charge in [-0.25, -0.2) is 0 Å². The highest BCUT2D eigenvalue weighted by molar-refractivity contribution is 5.26. The molecular weight excluding hydrogens is 238 g/mol. The molecule has 0 amide bonds. The molecule has 0 bridgehead atoms. The SMILES string of the molecule is CCC1(C)CNCCN1Cc1cc(OC)cc(C)n1. The third kappa shape index (κ3) is 3.25. The normalized spacial score (nSPS) is 24.4. The van der Waals surface area contributed by atoms with Crippen molar-refractivity contribution in [2.24, 2.45) is 0 Å². The number of hydrogen-bond acceptors (Lipinski definition) is 4. The molecule has 0 aliphatic carbocycles. The highest BCUT2D eigenvalue weighted by Crippen LogP contribution is 2.24. The van der Waals surface area contributed by atoms with Crippen molar-refractivity contribution in [2.45, 2.75) is 39.3 Å². The Morgan fingerprint density at radius 2 is 2.26 bits per heavy atom. The van der Waals surface area contributed by atoms with Crippen LogP contribution in [0.15, 0.2) is 12.1 Å². The molecule has 1 aliphatic heterocycles. The maximum Gasteiger partial charge on any atom is 0.122 e. The summed E-state index contributed by atoms with van der Waals surface area (Å²) in [5.74, 6) is 0.899. The van der Waals surface area contributed by atoms with E-state index >= 15 is 0 Å². The molecule has 106 valence electrons. The molecule has 1 atom stereocenters. The van der Waals surface area contributed by atoms with Gasteiger partial charge in [-0.3, -0.25) is 9.88 Å². The average molecular weight is 263 g/mol. The van der Waals surface area contributed by atoms with Crippen molar-refractivity contribution in [2.75, 3.05) is 26.7 Å². The molecule has 1 aliphatic rings. The van der Waals surface area contributed by atoms with Crippen LogP contribution < -0.4 is 10.1 Å². The van der Waals surface area contributed by atoms with Crippen molar-refractivity contribution in [1.29, 1.82) is 0 Å². The van der Waals surface area contributed by atoms with Gasteiger partial charge in [-0.05, 0) is 20.3 Å². The summed E-state index contributed by atoms with van der Waals surface area (Å²) in [7, 11) is 1.71. The fourth-order valence-corrected chi connectivity index (χ4v) is 2.67. The molecule has 0 saturated carbocycles. The van der Waals surface area contributed by atoms with E-state index in [0.717, 1.165) is 49.7 Å². The molecule has 0 aromatic carbocycles. The number of ether oxygens (including phenoxy) is 1. The lowest BCUT2D eigenvalue weighted by molar-refractivity contribution is 0.0624. The molecule has 1 aromatic rings. The van der Waals surface area contributed by atoms with Gasteiger partial charge >= 0.3 is 0 Å². The van der Waals surface area contributed by atoms with Gasteiger partial charge in [-0.15, -0.1) is 0 Å². The molecule has 0 radical (unpaired) electrons. The second-order valence-corrected chi connectivity index (χ2v) is 5.59. The predicted octanol–water partition coefficient (Wildman–Crippen LogP) is 1.97. The summed E-state index contributed by atoms with van der Waals surface area (Å²) in [6, 6.07) is 4.02. The number of hydrogen-bond donors (Lipinski definition) is 1. The van der Waals surface area contributed by atoms with E-state index in [2.05, 4.69) is 29.0 Å². The van der Waals surface area contributed by atoms with Crippen molar-refractivity contribution in [3.63, 3.8) is 0 Å². The molecule has 2 rings (SSSR count). The van der Waals surface area contributed by atoms with Gasteiger partial charge in [0.25, 0.3) is 0 Å². The maximum absolute atomic E-state index is 5.33. The number of pyridine rings is 1. The van der Waals surface area contributed by atoms with Crippen molar-refractivity contribution < 1.29 is 4.74 Å². The fraction of sp³-hybridized carbons (Fsp3) is 0.667. The van der Waals surface area contributed by atoms with Crippen LogP contribution in [0.4, 0.5) is 0 Å². The monoisotopic (exact) mass is 263 g/mol. The zero-order valence-electron chi connectivity index (χ0n) is 12.5. The number of rotatable bonds is 4. The van der Waals surface area contributed by atoms with E-state index in [1.807, 2.05) is 19.1 Å². The first-order valence-corrected chi connectivity index (χ1v) is 7.05. The van der Waals surface area contributed by atoms with E-state index in [1.54, 1.807) is 7.11 Å². The van der Waals surface area contributed by atoms with Crippen LogP contribution >= 0.6 is 0 Å². The summed E-state index contributed by atoms with van der Waals surface area (Å²) in [5, 5.41) is 3.49. The van der Waals surface area contributed by atoms with Crippen molar-refractivity contribution in [3.8, 4) is 5.75 Å². The van der Waals surface area contributed by atoms with Gasteiger partial charge in [0.2, 0.25) is 0 Å². The summed E-state index contributed by atoms with van der Waals surface area (Å²) in [4.78, 5) is 7.17. The highest BCUT2D eigenvalue weighted by atomic mass is 16.5. The third-order valence-electron chi connectivity index (χ3n) is 4.16. The van der Waals surface area contributed by atoms with Crippen LogP contribution in [-0.4, -0.2) is 42.2 Å². The summed E-state index contributed by atoms with van der Waals surface area (Å²) in [6.07, 6.45) is 1.14. The Kier molecular flexibility index (Phi) is 4.42. The van der Waals surface area contributed by atoms with E-state index < -0.39 is 0 Å². The molecular formula is C15H25N3O. The number of piperazine rings is 1. The van der Waals surface area contributed by atoms with Gasteiger partial charge in [0.05, 0.1) is 12.8 Å². The standard InChI is InChI=1S/C15H25N3O/c1-5-15(3)11-16-6-7-18(15)10-13-9-14(19-4)8-12(2)17-13/h8-9,16H,5-7,10-11H2,1-4H3. The number of nitrogens with one attached hydrogen (secondary N) is 1. The van der Waals surface area contributed by atoms with Crippen LogP contribution in [0, 0.1) is 6.92 Å². The van der Waals surface area contributed by atoms with E-state index in [-0.39, 0.29) is 5.54 Å². The van der Waals surface area contributed by atoms with E-state index in [1.165, 1.54) is 0 Å². The number of aromatic nitrogens is 1. The smallest absolute Gasteiger partial charge is 0.122 e. The van der Waals surface area contributed by atoms with E-state index in [4.69, 9.17) is 4.74 Å².